The van der Waals surface area contributed by atoms with Crippen LogP contribution in [0.25, 0.3) is 0 Å². The lowest BCUT2D eigenvalue weighted by atomic mass is 10.1. The summed E-state index contributed by atoms with van der Waals surface area (Å²) in [5, 5.41) is 2.32. The molecule has 0 atom stereocenters. The molecule has 3 N–H and O–H groups in total. The molecule has 0 aliphatic carbocycles. The van der Waals surface area contributed by atoms with Gasteiger partial charge in [0.1, 0.15) is 11.6 Å². The minimum absolute atomic E-state index is 0.0967. The number of hydrogen-bond acceptors (Lipinski definition) is 3. The molecule has 29 heavy (non-hydrogen) atoms. The zero-order valence-electron chi connectivity index (χ0n) is 15.0. The minimum Gasteiger partial charge on any atom is -0.398 e. The molecule has 0 radical (unpaired) electrons. The maximum atomic E-state index is 14.2. The van der Waals surface area contributed by atoms with Crippen LogP contribution in [0.4, 0.5) is 37.7 Å². The van der Waals surface area contributed by atoms with Gasteiger partial charge in [-0.05, 0) is 12.1 Å². The zero-order chi connectivity index (χ0) is 21.3. The molecule has 10 heteroatoms. The van der Waals surface area contributed by atoms with Crippen LogP contribution in [0.3, 0.4) is 0 Å². The summed E-state index contributed by atoms with van der Waals surface area (Å²) in [6, 6.07) is 5.28. The lowest BCUT2D eigenvalue weighted by Crippen LogP contribution is -2.28. The minimum atomic E-state index is -3.01. The average molecular weight is 417 g/mol. The second-order valence-corrected chi connectivity index (χ2v) is 6.72. The van der Waals surface area contributed by atoms with Crippen LogP contribution < -0.4 is 16.0 Å². The van der Waals surface area contributed by atoms with Crippen LogP contribution >= 0.6 is 0 Å². The highest BCUT2D eigenvalue weighted by Crippen LogP contribution is 2.34. The molecule has 1 fully saturated rings. The van der Waals surface area contributed by atoms with Gasteiger partial charge < -0.3 is 16.0 Å². The highest BCUT2D eigenvalue weighted by molar-refractivity contribution is 6.00. The summed E-state index contributed by atoms with van der Waals surface area (Å²) < 4.78 is 80.7. The van der Waals surface area contributed by atoms with E-state index in [4.69, 9.17) is 5.73 Å². The first-order valence-corrected chi connectivity index (χ1v) is 8.64. The van der Waals surface area contributed by atoms with Gasteiger partial charge in [0.05, 0.1) is 23.4 Å². The van der Waals surface area contributed by atoms with Gasteiger partial charge in [0.15, 0.2) is 0 Å². The Balaban J connectivity index is 1.80. The van der Waals surface area contributed by atoms with Gasteiger partial charge in [-0.25, -0.2) is 26.3 Å². The van der Waals surface area contributed by atoms with Crippen molar-refractivity contribution in [1.82, 2.24) is 5.32 Å². The standard InChI is InChI=1S/C19H17F6N3O/c20-13-7-14(26)12(6-15(13)28-5-4-19(24,25)9-28)18(29)27-8-10-2-1-3-11(16(10)21)17(22)23/h1-3,6-7,17H,4-5,8-9,26H2,(H,27,29). The Hall–Kier alpha value is -2.91. The number of carbonyl (C=O) groups excluding carboxylic acids is 1. The summed E-state index contributed by atoms with van der Waals surface area (Å²) >= 11 is 0. The number of nitrogens with one attached hydrogen (secondary N) is 1. The third-order valence-electron chi connectivity index (χ3n) is 4.66. The Bertz CT molecular complexity index is 934. The number of nitrogens with two attached hydrogens (primary N) is 1. The molecule has 1 aliphatic rings. The van der Waals surface area contributed by atoms with Gasteiger partial charge in [-0.3, -0.25) is 4.79 Å². The maximum Gasteiger partial charge on any atom is 0.266 e. The van der Waals surface area contributed by atoms with Crippen LogP contribution in [0.1, 0.15) is 34.3 Å². The second-order valence-electron chi connectivity index (χ2n) is 6.72. The fourth-order valence-electron chi connectivity index (χ4n) is 3.13. The summed E-state index contributed by atoms with van der Waals surface area (Å²) in [7, 11) is 0. The molecule has 4 nitrogen and oxygen atoms in total. The normalized spacial score (nSPS) is 15.8. The third-order valence-corrected chi connectivity index (χ3v) is 4.66. The predicted molar refractivity (Wildman–Crippen MR) is 95.1 cm³/mol. The monoisotopic (exact) mass is 417 g/mol. The number of alkyl halides is 4. The number of nitrogen functional groups attached to an aromatic ring is 1. The molecular weight excluding hydrogens is 400 g/mol. The first-order valence-electron chi connectivity index (χ1n) is 8.64. The van der Waals surface area contributed by atoms with E-state index in [0.29, 0.717) is 0 Å². The zero-order valence-corrected chi connectivity index (χ0v) is 15.0. The van der Waals surface area contributed by atoms with E-state index in [1.165, 1.54) is 12.1 Å². The highest BCUT2D eigenvalue weighted by Gasteiger charge is 2.39. The lowest BCUT2D eigenvalue weighted by Gasteiger charge is -2.20. The lowest BCUT2D eigenvalue weighted by molar-refractivity contribution is 0.0257. The van der Waals surface area contributed by atoms with E-state index in [2.05, 4.69) is 5.32 Å². The van der Waals surface area contributed by atoms with Crippen molar-refractivity contribution in [2.45, 2.75) is 25.3 Å². The number of benzene rings is 2. The number of anilines is 2. The molecule has 0 unspecified atom stereocenters. The van der Waals surface area contributed by atoms with Crippen LogP contribution in [-0.4, -0.2) is 24.9 Å². The molecule has 2 aromatic carbocycles. The molecule has 1 amide bonds. The number of halogens is 6. The molecule has 156 valence electrons. The van der Waals surface area contributed by atoms with Crippen molar-refractivity contribution in [3.63, 3.8) is 0 Å². The Kier molecular flexibility index (Phi) is 5.63. The molecule has 0 bridgehead atoms. The summed E-state index contributed by atoms with van der Waals surface area (Å²) in [5.74, 6) is -5.79. The predicted octanol–water partition coefficient (Wildman–Crippen LogP) is 4.26. The van der Waals surface area contributed by atoms with Crippen LogP contribution in [0.15, 0.2) is 30.3 Å². The SMILES string of the molecule is Nc1cc(F)c(N2CCC(F)(F)C2)cc1C(=O)NCc1cccc(C(F)F)c1F. The number of amides is 1. The number of rotatable bonds is 5. The van der Waals surface area contributed by atoms with Crippen LogP contribution in [0.5, 0.6) is 0 Å². The van der Waals surface area contributed by atoms with E-state index in [9.17, 15) is 31.1 Å². The molecule has 0 spiro atoms. The van der Waals surface area contributed by atoms with E-state index in [1.54, 1.807) is 0 Å². The molecular formula is C19H17F6N3O. The first-order chi connectivity index (χ1) is 13.6. The molecule has 1 aliphatic heterocycles. The summed E-state index contributed by atoms with van der Waals surface area (Å²) in [6.07, 6.45) is -3.46. The van der Waals surface area contributed by atoms with Crippen molar-refractivity contribution in [3.05, 3.63) is 58.7 Å². The van der Waals surface area contributed by atoms with E-state index in [1.807, 2.05) is 0 Å². The van der Waals surface area contributed by atoms with Gasteiger partial charge in [-0.2, -0.15) is 0 Å². The van der Waals surface area contributed by atoms with Gasteiger partial charge in [-0.1, -0.05) is 18.2 Å². The number of carbonyl (C=O) groups is 1. The van der Waals surface area contributed by atoms with Gasteiger partial charge in [-0.15, -0.1) is 0 Å². The van der Waals surface area contributed by atoms with E-state index in [-0.39, 0.29) is 29.0 Å². The van der Waals surface area contributed by atoms with E-state index >= 15 is 0 Å². The van der Waals surface area contributed by atoms with Crippen molar-refractivity contribution in [1.29, 1.82) is 0 Å². The van der Waals surface area contributed by atoms with Gasteiger partial charge in [0.2, 0.25) is 0 Å². The van der Waals surface area contributed by atoms with Crippen molar-refractivity contribution < 1.29 is 31.1 Å². The maximum absolute atomic E-state index is 14.2. The Labute approximate surface area is 162 Å². The van der Waals surface area contributed by atoms with Crippen molar-refractivity contribution in [2.75, 3.05) is 23.7 Å². The van der Waals surface area contributed by atoms with Gasteiger partial charge in [0.25, 0.3) is 18.3 Å². The molecule has 0 aromatic heterocycles. The first kappa shape index (κ1) is 20.8. The molecule has 2 aromatic rings. The Morgan fingerprint density at radius 2 is 1.97 bits per heavy atom. The van der Waals surface area contributed by atoms with Crippen molar-refractivity contribution in [2.24, 2.45) is 0 Å². The van der Waals surface area contributed by atoms with E-state index < -0.39 is 55.0 Å². The fraction of sp³-hybridized carbons (Fsp3) is 0.316. The highest BCUT2D eigenvalue weighted by atomic mass is 19.3. The Morgan fingerprint density at radius 3 is 2.59 bits per heavy atom. The third kappa shape index (κ3) is 4.41. The molecule has 3 rings (SSSR count). The van der Waals surface area contributed by atoms with Gasteiger partial charge >= 0.3 is 0 Å². The van der Waals surface area contributed by atoms with Crippen LogP contribution in [0, 0.1) is 11.6 Å². The van der Waals surface area contributed by atoms with Crippen LogP contribution in [-0.2, 0) is 6.54 Å². The quantitative estimate of drug-likeness (QED) is 0.565. The van der Waals surface area contributed by atoms with E-state index in [0.717, 1.165) is 23.1 Å². The second kappa shape index (κ2) is 7.84. The fourth-order valence-corrected chi connectivity index (χ4v) is 3.13. The topological polar surface area (TPSA) is 58.4 Å². The van der Waals surface area contributed by atoms with Crippen molar-refractivity contribution >= 4 is 17.3 Å². The smallest absolute Gasteiger partial charge is 0.266 e. The van der Waals surface area contributed by atoms with Crippen molar-refractivity contribution in [3.8, 4) is 0 Å². The number of hydrogen-bond donors (Lipinski definition) is 2. The summed E-state index contributed by atoms with van der Waals surface area (Å²) in [5.41, 5.74) is 4.07. The molecule has 1 heterocycles. The number of nitrogens with zero attached hydrogens (tertiary/aromatic N) is 1. The molecule has 1 saturated heterocycles. The molecule has 0 saturated carbocycles. The summed E-state index contributed by atoms with van der Waals surface area (Å²) in [6.45, 7) is -1.21. The largest absolute Gasteiger partial charge is 0.398 e. The van der Waals surface area contributed by atoms with Gasteiger partial charge in [0, 0.05) is 30.8 Å². The van der Waals surface area contributed by atoms with Crippen LogP contribution in [0.2, 0.25) is 0 Å². The Morgan fingerprint density at radius 1 is 1.24 bits per heavy atom. The summed E-state index contributed by atoms with van der Waals surface area (Å²) in [4.78, 5) is 13.5. The average Bonchev–Trinajstić information content (AvgIpc) is 3.00.